The monoisotopic (exact) mass is 471 g/mol. The first-order valence-electron chi connectivity index (χ1n) is 9.81. The Kier molecular flexibility index (Phi) is 6.26. The largest absolute Gasteiger partial charge is 0.492 e. The zero-order valence-corrected chi connectivity index (χ0v) is 19.1. The van der Waals surface area contributed by atoms with E-state index in [1.165, 1.54) is 53.2 Å². The zero-order valence-electron chi connectivity index (χ0n) is 17.4. The van der Waals surface area contributed by atoms with Crippen molar-refractivity contribution in [1.82, 2.24) is 9.29 Å². The molecule has 4 aromatic rings. The molecule has 10 heteroatoms. The average molecular weight is 472 g/mol. The van der Waals surface area contributed by atoms with Crippen LogP contribution in [-0.4, -0.2) is 37.3 Å². The predicted octanol–water partition coefficient (Wildman–Crippen LogP) is 4.36. The van der Waals surface area contributed by atoms with Gasteiger partial charge in [0.05, 0.1) is 29.0 Å². The number of anilines is 1. The molecule has 0 saturated heterocycles. The van der Waals surface area contributed by atoms with Crippen molar-refractivity contribution in [3.8, 4) is 5.75 Å². The lowest BCUT2D eigenvalue weighted by molar-refractivity contribution is 0.102. The predicted molar refractivity (Wildman–Crippen MR) is 123 cm³/mol. The molecule has 2 aromatic heterocycles. The van der Waals surface area contributed by atoms with E-state index in [1.807, 2.05) is 25.1 Å². The highest BCUT2D eigenvalue weighted by Gasteiger charge is 2.22. The number of fused-ring (bicyclic) bond motifs is 1. The topological polar surface area (TPSA) is 102 Å². The Hall–Kier alpha value is -3.21. The minimum atomic E-state index is -3.73. The average Bonchev–Trinajstić information content (AvgIpc) is 3.44. The summed E-state index contributed by atoms with van der Waals surface area (Å²) >= 11 is 1.34. The molecule has 0 unspecified atom stereocenters. The van der Waals surface area contributed by atoms with Gasteiger partial charge in [-0.3, -0.25) is 10.1 Å². The Bertz CT molecular complexity index is 1330. The standard InChI is InChI=1S/C22H21N3O5S2/c1-3-29-18-7-4-8-19-20(18)23-22(31-19)24-21(26)15-9-11-17(12-10-15)32(27,28)25(2)14-16-6-5-13-30-16/h4-13H,3,14H2,1-2H3,(H,23,24,26). The lowest BCUT2D eigenvalue weighted by atomic mass is 10.2. The van der Waals surface area contributed by atoms with E-state index in [9.17, 15) is 13.2 Å². The summed E-state index contributed by atoms with van der Waals surface area (Å²) in [5.41, 5.74) is 1.01. The first-order chi connectivity index (χ1) is 15.4. The number of hydrogen-bond donors (Lipinski definition) is 1. The van der Waals surface area contributed by atoms with E-state index in [2.05, 4.69) is 10.3 Å². The molecule has 0 radical (unpaired) electrons. The molecule has 0 aliphatic carbocycles. The molecule has 0 spiro atoms. The molecule has 0 aliphatic rings. The van der Waals surface area contributed by atoms with E-state index in [1.54, 1.807) is 12.1 Å². The molecule has 1 N–H and O–H groups in total. The fourth-order valence-electron chi connectivity index (χ4n) is 3.08. The Balaban J connectivity index is 1.48. The summed E-state index contributed by atoms with van der Waals surface area (Å²) in [4.78, 5) is 17.2. The molecule has 4 rings (SSSR count). The number of carbonyl (C=O) groups is 1. The molecule has 2 aromatic carbocycles. The van der Waals surface area contributed by atoms with Gasteiger partial charge in [0.1, 0.15) is 17.0 Å². The first-order valence-corrected chi connectivity index (χ1v) is 12.1. The summed E-state index contributed by atoms with van der Waals surface area (Å²) in [5, 5.41) is 3.21. The van der Waals surface area contributed by atoms with Crippen LogP contribution in [0.1, 0.15) is 23.0 Å². The summed E-state index contributed by atoms with van der Waals surface area (Å²) in [7, 11) is -2.25. The number of nitrogens with one attached hydrogen (secondary N) is 1. The third-order valence-electron chi connectivity index (χ3n) is 4.69. The van der Waals surface area contributed by atoms with Crippen molar-refractivity contribution in [2.24, 2.45) is 0 Å². The third-order valence-corrected chi connectivity index (χ3v) is 7.44. The van der Waals surface area contributed by atoms with Crippen LogP contribution in [0.5, 0.6) is 5.75 Å². The van der Waals surface area contributed by atoms with Gasteiger partial charge in [-0.15, -0.1) is 0 Å². The fourth-order valence-corrected chi connectivity index (χ4v) is 5.10. The lowest BCUT2D eigenvalue weighted by Gasteiger charge is -2.16. The molecule has 0 bridgehead atoms. The van der Waals surface area contributed by atoms with Crippen molar-refractivity contribution >= 4 is 42.6 Å². The Morgan fingerprint density at radius 2 is 1.94 bits per heavy atom. The van der Waals surface area contributed by atoms with Crippen LogP contribution in [0.3, 0.4) is 0 Å². The number of ether oxygens (including phenoxy) is 1. The molecule has 0 saturated carbocycles. The number of benzene rings is 2. The van der Waals surface area contributed by atoms with Gasteiger partial charge >= 0.3 is 0 Å². The van der Waals surface area contributed by atoms with Crippen LogP contribution in [0.25, 0.3) is 10.2 Å². The number of aromatic nitrogens is 1. The Morgan fingerprint density at radius 1 is 1.16 bits per heavy atom. The number of nitrogens with zero attached hydrogens (tertiary/aromatic N) is 2. The number of sulfonamides is 1. The van der Waals surface area contributed by atoms with Gasteiger partial charge in [-0.2, -0.15) is 4.31 Å². The summed E-state index contributed by atoms with van der Waals surface area (Å²) in [5.74, 6) is 0.820. The number of hydrogen-bond acceptors (Lipinski definition) is 7. The summed E-state index contributed by atoms with van der Waals surface area (Å²) in [6.07, 6.45) is 1.49. The lowest BCUT2D eigenvalue weighted by Crippen LogP contribution is -2.26. The number of carbonyl (C=O) groups excluding carboxylic acids is 1. The minimum absolute atomic E-state index is 0.0875. The minimum Gasteiger partial charge on any atom is -0.492 e. The van der Waals surface area contributed by atoms with Crippen molar-refractivity contribution in [1.29, 1.82) is 0 Å². The smallest absolute Gasteiger partial charge is 0.257 e. The van der Waals surface area contributed by atoms with E-state index < -0.39 is 10.0 Å². The molecular weight excluding hydrogens is 450 g/mol. The van der Waals surface area contributed by atoms with Crippen LogP contribution in [0.2, 0.25) is 0 Å². The summed E-state index contributed by atoms with van der Waals surface area (Å²) in [6.45, 7) is 2.52. The van der Waals surface area contributed by atoms with Gasteiger partial charge in [-0.05, 0) is 55.5 Å². The fraction of sp³-hybridized carbons (Fsp3) is 0.182. The van der Waals surface area contributed by atoms with E-state index in [4.69, 9.17) is 9.15 Å². The number of amides is 1. The maximum Gasteiger partial charge on any atom is 0.257 e. The highest BCUT2D eigenvalue weighted by molar-refractivity contribution is 7.89. The molecule has 32 heavy (non-hydrogen) atoms. The van der Waals surface area contributed by atoms with Gasteiger partial charge in [-0.1, -0.05) is 17.4 Å². The van der Waals surface area contributed by atoms with Gasteiger partial charge in [-0.25, -0.2) is 13.4 Å². The summed E-state index contributed by atoms with van der Waals surface area (Å²) in [6, 6.07) is 14.8. The van der Waals surface area contributed by atoms with Gasteiger partial charge < -0.3 is 9.15 Å². The Labute approximate surface area is 189 Å². The molecule has 0 aliphatic heterocycles. The van der Waals surface area contributed by atoms with Crippen molar-refractivity contribution < 1.29 is 22.4 Å². The maximum atomic E-state index is 12.8. The normalized spacial score (nSPS) is 11.7. The summed E-state index contributed by atoms with van der Waals surface area (Å²) < 4.78 is 38.4. The zero-order chi connectivity index (χ0) is 22.7. The van der Waals surface area contributed by atoms with E-state index >= 15 is 0 Å². The highest BCUT2D eigenvalue weighted by atomic mass is 32.2. The number of para-hydroxylation sites is 1. The van der Waals surface area contributed by atoms with Crippen LogP contribution in [0.4, 0.5) is 5.13 Å². The molecule has 0 fully saturated rings. The van der Waals surface area contributed by atoms with Crippen LogP contribution < -0.4 is 10.1 Å². The van der Waals surface area contributed by atoms with Crippen molar-refractivity contribution in [3.63, 3.8) is 0 Å². The van der Waals surface area contributed by atoms with Gasteiger partial charge in [0, 0.05) is 12.6 Å². The van der Waals surface area contributed by atoms with E-state index in [0.29, 0.717) is 34.3 Å². The van der Waals surface area contributed by atoms with Crippen LogP contribution >= 0.6 is 11.3 Å². The van der Waals surface area contributed by atoms with Gasteiger partial charge in [0.15, 0.2) is 5.13 Å². The molecule has 8 nitrogen and oxygen atoms in total. The van der Waals surface area contributed by atoms with Gasteiger partial charge in [0.25, 0.3) is 5.91 Å². The SMILES string of the molecule is CCOc1cccc2sc(NC(=O)c3ccc(S(=O)(=O)N(C)Cc4ccco4)cc3)nc12. The van der Waals surface area contributed by atoms with Crippen LogP contribution in [0.15, 0.2) is 70.2 Å². The second kappa shape index (κ2) is 9.11. The van der Waals surface area contributed by atoms with Gasteiger partial charge in [0.2, 0.25) is 10.0 Å². The third kappa shape index (κ3) is 4.52. The number of rotatable bonds is 8. The Morgan fingerprint density at radius 3 is 2.62 bits per heavy atom. The van der Waals surface area contributed by atoms with Crippen molar-refractivity contribution in [2.45, 2.75) is 18.4 Å². The van der Waals surface area contributed by atoms with E-state index in [-0.39, 0.29) is 17.3 Å². The quantitative estimate of drug-likeness (QED) is 0.410. The molecule has 2 heterocycles. The van der Waals surface area contributed by atoms with Crippen molar-refractivity contribution in [3.05, 3.63) is 72.2 Å². The number of thiazole rings is 1. The van der Waals surface area contributed by atoms with E-state index in [0.717, 1.165) is 4.70 Å². The molecule has 1 amide bonds. The molecular formula is C22H21N3O5S2. The molecule has 166 valence electrons. The van der Waals surface area contributed by atoms with Crippen LogP contribution in [-0.2, 0) is 16.6 Å². The van der Waals surface area contributed by atoms with Crippen LogP contribution in [0, 0.1) is 0 Å². The highest BCUT2D eigenvalue weighted by Crippen LogP contribution is 2.32. The first kappa shape index (κ1) is 22.0. The second-order valence-corrected chi connectivity index (χ2v) is 9.95. The molecule has 0 atom stereocenters. The second-order valence-electron chi connectivity index (χ2n) is 6.87. The maximum absolute atomic E-state index is 12.8. The van der Waals surface area contributed by atoms with Crippen molar-refractivity contribution in [2.75, 3.05) is 19.0 Å². The number of furan rings is 1.